The number of aromatic hydroxyl groups is 1. The molecule has 5 rings (SSSR count). The summed E-state index contributed by atoms with van der Waals surface area (Å²) in [5, 5.41) is 69.6. The van der Waals surface area contributed by atoms with Crippen molar-refractivity contribution in [3.05, 3.63) is 39.1 Å². The van der Waals surface area contributed by atoms with E-state index in [1.807, 2.05) is 0 Å². The highest BCUT2D eigenvalue weighted by Crippen LogP contribution is 2.62. The van der Waals surface area contributed by atoms with E-state index in [-0.39, 0.29) is 22.8 Å². The molecule has 0 bridgehead atoms. The summed E-state index contributed by atoms with van der Waals surface area (Å²) in [5.41, 5.74) is -6.56. The van der Waals surface area contributed by atoms with E-state index in [1.54, 1.807) is 6.92 Å². The Hall–Kier alpha value is -3.28. The normalized spacial score (nSPS) is 38.7. The molecule has 1 aromatic rings. The maximum Gasteiger partial charge on any atom is 0.255 e. The zero-order valence-corrected chi connectivity index (χ0v) is 27.6. The Morgan fingerprint density at radius 1 is 1.11 bits per heavy atom. The number of fused-ring (bicyclic) bond motifs is 3. The number of rotatable bonds is 6. The van der Waals surface area contributed by atoms with Crippen molar-refractivity contribution in [3.8, 4) is 11.5 Å². The van der Waals surface area contributed by atoms with Gasteiger partial charge in [0.2, 0.25) is 11.4 Å². The van der Waals surface area contributed by atoms with Gasteiger partial charge in [0, 0.05) is 36.7 Å². The van der Waals surface area contributed by atoms with Gasteiger partial charge in [0.05, 0.1) is 29.4 Å². The van der Waals surface area contributed by atoms with E-state index in [2.05, 4.69) is 0 Å². The minimum absolute atomic E-state index is 0.0543. The number of phenols is 1. The van der Waals surface area contributed by atoms with Gasteiger partial charge in [-0.25, -0.2) is 0 Å². The van der Waals surface area contributed by atoms with Crippen LogP contribution in [-0.2, 0) is 34.2 Å². The highest BCUT2D eigenvalue weighted by atomic mass is 35.5. The molecule has 0 radical (unpaired) electrons. The van der Waals surface area contributed by atoms with Crippen molar-refractivity contribution >= 4 is 34.8 Å². The van der Waals surface area contributed by atoms with Crippen molar-refractivity contribution in [1.29, 1.82) is 0 Å². The number of halogens is 1. The first-order chi connectivity index (χ1) is 21.6. The Kier molecular flexibility index (Phi) is 8.30. The van der Waals surface area contributed by atoms with Crippen LogP contribution in [-0.4, -0.2) is 123 Å². The van der Waals surface area contributed by atoms with Crippen LogP contribution in [0.15, 0.2) is 23.0 Å². The van der Waals surface area contributed by atoms with Crippen molar-refractivity contribution in [2.24, 2.45) is 11.7 Å². The van der Waals surface area contributed by atoms with Crippen molar-refractivity contribution in [1.82, 2.24) is 4.90 Å². The number of amides is 1. The number of aliphatic hydroxyl groups excluding tert-OH is 2. The lowest BCUT2D eigenvalue weighted by molar-refractivity contribution is -0.313. The van der Waals surface area contributed by atoms with E-state index in [0.29, 0.717) is 0 Å². The number of nitrogens with two attached hydrogens (primary N) is 1. The van der Waals surface area contributed by atoms with Crippen LogP contribution in [0.25, 0.3) is 5.76 Å². The Morgan fingerprint density at radius 2 is 1.72 bits per heavy atom. The molecule has 15 nitrogen and oxygen atoms in total. The number of nitrogens with zero attached hydrogens (tertiary/aromatic N) is 1. The standard InChI is InChI=1S/C31H39ClN2O13/c1-11-26(45-7)28(2,41)10-15(46-11)47-29(3)12-9-30(42)23(34(4)5)22(37)18(27(33)40)25(39)31(30,43)24(38)16(12)21(36)17-13(35)8-14(44-6)20(32)19(17)29/h8,11-12,15,23,26,35-36,39,41-43H,9-10H2,1-7H3,(H2,33,40)/t11-,12?,15-,23+,26-,28-,29-,30+,31-/m0/s1. The van der Waals surface area contributed by atoms with Crippen LogP contribution in [0.5, 0.6) is 11.5 Å². The van der Waals surface area contributed by atoms with Gasteiger partial charge in [-0.05, 0) is 41.3 Å². The van der Waals surface area contributed by atoms with Crippen LogP contribution in [0.3, 0.4) is 0 Å². The number of aliphatic hydroxyl groups is 5. The summed E-state index contributed by atoms with van der Waals surface area (Å²) < 4.78 is 23.5. The number of ketones is 2. The predicted octanol–water partition coefficient (Wildman–Crippen LogP) is 0.331. The fourth-order valence-electron chi connectivity index (χ4n) is 8.06. The fraction of sp³-hybridized carbons (Fsp3) is 0.581. The smallest absolute Gasteiger partial charge is 0.255 e. The summed E-state index contributed by atoms with van der Waals surface area (Å²) in [7, 11) is 5.36. The largest absolute Gasteiger partial charge is 0.508 e. The molecule has 1 saturated heterocycles. The quantitative estimate of drug-likeness (QED) is 0.200. The number of likely N-dealkylation sites (N-methyl/N-ethyl adjacent to an activating group) is 1. The molecule has 47 heavy (non-hydrogen) atoms. The number of carbonyl (C=O) groups is 3. The van der Waals surface area contributed by atoms with Gasteiger partial charge < -0.3 is 55.3 Å². The van der Waals surface area contributed by atoms with Gasteiger partial charge in [-0.3, -0.25) is 19.3 Å². The van der Waals surface area contributed by atoms with E-state index in [4.69, 9.17) is 36.3 Å². The van der Waals surface area contributed by atoms with Crippen molar-refractivity contribution in [2.75, 3.05) is 28.3 Å². The van der Waals surface area contributed by atoms with Gasteiger partial charge in [-0.1, -0.05) is 11.6 Å². The maximum atomic E-state index is 14.5. The summed E-state index contributed by atoms with van der Waals surface area (Å²) in [6.45, 7) is 4.59. The summed E-state index contributed by atoms with van der Waals surface area (Å²) in [4.78, 5) is 41.7. The number of hydrogen-bond donors (Lipinski definition) is 7. The number of methoxy groups -OCH3 is 2. The van der Waals surface area contributed by atoms with Crippen LogP contribution in [0.4, 0.5) is 0 Å². The van der Waals surface area contributed by atoms with Gasteiger partial charge in [-0.15, -0.1) is 0 Å². The molecule has 3 aliphatic carbocycles. The lowest BCUT2D eigenvalue weighted by Gasteiger charge is -2.58. The lowest BCUT2D eigenvalue weighted by Crippen LogP contribution is -2.77. The van der Waals surface area contributed by atoms with Crippen molar-refractivity contribution in [3.63, 3.8) is 0 Å². The molecule has 1 heterocycles. The SMILES string of the molecule is COc1cc(O)c2c(c1Cl)[C@@](C)(O[C@H]1C[C@](C)(O)[C@@H](OC)[C@H](C)O1)C1C[C@@]3(O)[C@H](N(C)C)C(=O)C(C(N)=O)=C(O)[C@@]3(O)C(=O)C1=C2O. The van der Waals surface area contributed by atoms with E-state index >= 15 is 0 Å². The van der Waals surface area contributed by atoms with Crippen molar-refractivity contribution < 1.29 is 64.0 Å². The first kappa shape index (κ1) is 35.0. The average Bonchev–Trinajstić information content (AvgIpc) is 2.94. The molecule has 0 aromatic heterocycles. The summed E-state index contributed by atoms with van der Waals surface area (Å²) >= 11 is 6.82. The molecule has 1 aromatic carbocycles. The first-order valence-corrected chi connectivity index (χ1v) is 15.1. The van der Waals surface area contributed by atoms with Crippen LogP contribution in [0, 0.1) is 5.92 Å². The highest BCUT2D eigenvalue weighted by molar-refractivity contribution is 6.33. The van der Waals surface area contributed by atoms with Crippen LogP contribution < -0.4 is 10.5 Å². The highest BCUT2D eigenvalue weighted by Gasteiger charge is 2.74. The third-order valence-corrected chi connectivity index (χ3v) is 10.4. The summed E-state index contributed by atoms with van der Waals surface area (Å²) in [6, 6.07) is -0.749. The molecule has 0 spiro atoms. The molecular weight excluding hydrogens is 644 g/mol. The van der Waals surface area contributed by atoms with E-state index in [9.17, 15) is 45.0 Å². The van der Waals surface area contributed by atoms with Gasteiger partial charge in [0.15, 0.2) is 17.8 Å². The number of hydrogen-bond acceptors (Lipinski definition) is 14. The Labute approximate surface area is 274 Å². The molecule has 8 N–H and O–H groups in total. The third kappa shape index (κ3) is 4.55. The van der Waals surface area contributed by atoms with Crippen LogP contribution >= 0.6 is 11.6 Å². The van der Waals surface area contributed by atoms with Gasteiger partial charge in [0.25, 0.3) is 5.91 Å². The Morgan fingerprint density at radius 3 is 2.23 bits per heavy atom. The third-order valence-electron chi connectivity index (χ3n) is 10.1. The zero-order valence-electron chi connectivity index (χ0n) is 26.8. The topological polar surface area (TPSA) is 239 Å². The zero-order chi connectivity index (χ0) is 35.3. The molecule has 4 aliphatic rings. The molecule has 1 saturated carbocycles. The second-order valence-corrected chi connectivity index (χ2v) is 13.6. The van der Waals surface area contributed by atoms with E-state index in [1.165, 1.54) is 42.2 Å². The molecule has 2 fully saturated rings. The molecular formula is C31H39ClN2O13. The minimum atomic E-state index is -3.38. The number of primary amides is 1. The first-order valence-electron chi connectivity index (χ1n) is 14.7. The molecule has 258 valence electrons. The molecule has 1 unspecified atom stereocenters. The van der Waals surface area contributed by atoms with E-state index in [0.717, 1.165) is 11.0 Å². The van der Waals surface area contributed by atoms with Crippen LogP contribution in [0.2, 0.25) is 5.02 Å². The van der Waals surface area contributed by atoms with Crippen LogP contribution in [0.1, 0.15) is 44.7 Å². The summed E-state index contributed by atoms with van der Waals surface area (Å²) in [5.74, 6) is -8.67. The second-order valence-electron chi connectivity index (χ2n) is 13.2. The molecule has 1 amide bonds. The number of phenolic OH excluding ortho intramolecular Hbond substituents is 1. The number of ether oxygens (including phenoxy) is 4. The van der Waals surface area contributed by atoms with Gasteiger partial charge >= 0.3 is 0 Å². The van der Waals surface area contributed by atoms with Crippen molar-refractivity contribution in [2.45, 2.75) is 80.6 Å². The molecule has 16 heteroatoms. The fourth-order valence-corrected chi connectivity index (χ4v) is 8.47. The number of carbonyl (C=O) groups excluding carboxylic acids is 3. The Bertz CT molecular complexity index is 1640. The lowest BCUT2D eigenvalue weighted by atomic mass is 9.52. The van der Waals surface area contributed by atoms with Gasteiger partial charge in [0.1, 0.15) is 46.2 Å². The van der Waals surface area contributed by atoms with E-state index < -0.39 is 111 Å². The van der Waals surface area contributed by atoms with Gasteiger partial charge in [-0.2, -0.15) is 0 Å². The summed E-state index contributed by atoms with van der Waals surface area (Å²) in [6.07, 6.45) is -3.71. The average molecular weight is 683 g/mol. The Balaban J connectivity index is 1.82. The second kappa shape index (κ2) is 11.1. The number of benzene rings is 1. The molecule has 9 atom stereocenters. The number of Topliss-reactive ketones (excluding diaryl/α,β-unsaturated/α-hetero) is 2. The minimum Gasteiger partial charge on any atom is -0.508 e. The maximum absolute atomic E-state index is 14.5. The molecule has 1 aliphatic heterocycles. The monoisotopic (exact) mass is 682 g/mol. The predicted molar refractivity (Wildman–Crippen MR) is 162 cm³/mol.